The molecule has 3 heteroatoms. The number of piperidine rings is 1. The van der Waals surface area contributed by atoms with Crippen molar-refractivity contribution in [2.24, 2.45) is 5.92 Å². The molecule has 0 radical (unpaired) electrons. The summed E-state index contributed by atoms with van der Waals surface area (Å²) in [6, 6.07) is 6.24. The van der Waals surface area contributed by atoms with Gasteiger partial charge in [-0.15, -0.1) is 0 Å². The van der Waals surface area contributed by atoms with E-state index in [1.807, 2.05) is 19.1 Å². The van der Waals surface area contributed by atoms with Gasteiger partial charge in [-0.05, 0) is 76.0 Å². The van der Waals surface area contributed by atoms with Gasteiger partial charge in [0.1, 0.15) is 5.75 Å². The lowest BCUT2D eigenvalue weighted by Crippen LogP contribution is -2.39. The van der Waals surface area contributed by atoms with E-state index in [0.29, 0.717) is 11.8 Å². The monoisotopic (exact) mass is 262 g/mol. The number of hydrogen-bond donors (Lipinski definition) is 2. The molecule has 2 N–H and O–H groups in total. The average molecular weight is 262 g/mol. The lowest BCUT2D eigenvalue weighted by Gasteiger charge is -2.34. The second-order valence-corrected chi connectivity index (χ2v) is 5.71. The van der Waals surface area contributed by atoms with Crippen molar-refractivity contribution in [3.63, 3.8) is 0 Å². The van der Waals surface area contributed by atoms with Crippen LogP contribution in [0.4, 0.5) is 5.69 Å². The number of nitrogens with one attached hydrogen (secondary N) is 1. The Labute approximate surface area is 116 Å². The molecule has 0 saturated carbocycles. The van der Waals surface area contributed by atoms with Crippen LogP contribution in [0.1, 0.15) is 32.3 Å². The molecule has 0 amide bonds. The van der Waals surface area contributed by atoms with Gasteiger partial charge in [0.15, 0.2) is 0 Å². The Morgan fingerprint density at radius 2 is 2.05 bits per heavy atom. The van der Waals surface area contributed by atoms with E-state index >= 15 is 0 Å². The first-order chi connectivity index (χ1) is 9.10. The molecule has 0 bridgehead atoms. The molecule has 1 heterocycles. The third kappa shape index (κ3) is 3.63. The zero-order valence-corrected chi connectivity index (χ0v) is 12.3. The second kappa shape index (κ2) is 6.29. The van der Waals surface area contributed by atoms with Crippen LogP contribution in [-0.2, 0) is 0 Å². The highest BCUT2D eigenvalue weighted by atomic mass is 16.3. The minimum atomic E-state index is 0.370. The van der Waals surface area contributed by atoms with Crippen LogP contribution in [0.3, 0.4) is 0 Å². The van der Waals surface area contributed by atoms with Crippen molar-refractivity contribution in [1.82, 2.24) is 4.90 Å². The molecule has 0 aliphatic carbocycles. The molecule has 3 nitrogen and oxygen atoms in total. The lowest BCUT2D eigenvalue weighted by atomic mass is 9.90. The molecular formula is C16H26N2O. The Morgan fingerprint density at radius 1 is 1.37 bits per heavy atom. The van der Waals surface area contributed by atoms with Crippen molar-refractivity contribution in [3.05, 3.63) is 23.8 Å². The average Bonchev–Trinajstić information content (AvgIpc) is 2.43. The number of phenols is 1. The van der Waals surface area contributed by atoms with Crippen LogP contribution in [0, 0.1) is 12.8 Å². The Bertz CT molecular complexity index is 411. The molecule has 0 aromatic heterocycles. The third-order valence-corrected chi connectivity index (χ3v) is 4.38. The Hall–Kier alpha value is -1.22. The van der Waals surface area contributed by atoms with Crippen molar-refractivity contribution >= 4 is 5.69 Å². The van der Waals surface area contributed by atoms with E-state index in [-0.39, 0.29) is 0 Å². The first-order valence-corrected chi connectivity index (χ1v) is 7.38. The molecule has 1 fully saturated rings. The van der Waals surface area contributed by atoms with Gasteiger partial charge in [-0.25, -0.2) is 0 Å². The van der Waals surface area contributed by atoms with Gasteiger partial charge in [-0.2, -0.15) is 0 Å². The predicted octanol–water partition coefficient (Wildman–Crippen LogP) is 3.23. The number of anilines is 1. The van der Waals surface area contributed by atoms with Crippen molar-refractivity contribution in [1.29, 1.82) is 0 Å². The van der Waals surface area contributed by atoms with Crippen LogP contribution < -0.4 is 5.32 Å². The minimum absolute atomic E-state index is 0.370. The molecule has 1 aromatic rings. The topological polar surface area (TPSA) is 35.5 Å². The summed E-state index contributed by atoms with van der Waals surface area (Å²) in [5.74, 6) is 1.12. The predicted molar refractivity (Wildman–Crippen MR) is 80.8 cm³/mol. The van der Waals surface area contributed by atoms with Gasteiger partial charge in [-0.3, -0.25) is 0 Å². The molecule has 0 spiro atoms. The summed E-state index contributed by atoms with van der Waals surface area (Å²) >= 11 is 0. The largest absolute Gasteiger partial charge is 0.508 e. The summed E-state index contributed by atoms with van der Waals surface area (Å²) in [5.41, 5.74) is 2.04. The molecule has 106 valence electrons. The van der Waals surface area contributed by atoms with E-state index in [0.717, 1.165) is 17.2 Å². The molecule has 19 heavy (non-hydrogen) atoms. The Morgan fingerprint density at radius 3 is 2.63 bits per heavy atom. The van der Waals surface area contributed by atoms with E-state index in [1.54, 1.807) is 6.07 Å². The molecule has 2 rings (SSSR count). The van der Waals surface area contributed by atoms with E-state index < -0.39 is 0 Å². The normalized spacial score (nSPS) is 19.3. The van der Waals surface area contributed by atoms with E-state index in [4.69, 9.17) is 0 Å². The molecule has 1 aliphatic rings. The highest BCUT2D eigenvalue weighted by Gasteiger charge is 2.23. The maximum Gasteiger partial charge on any atom is 0.118 e. The fraction of sp³-hybridized carbons (Fsp3) is 0.625. The summed E-state index contributed by atoms with van der Waals surface area (Å²) in [6.45, 7) is 10.1. The molecule has 1 aliphatic heterocycles. The zero-order valence-electron chi connectivity index (χ0n) is 12.3. The first-order valence-electron chi connectivity index (χ1n) is 7.38. The van der Waals surface area contributed by atoms with E-state index in [2.05, 4.69) is 24.1 Å². The molecule has 1 aromatic carbocycles. The highest BCUT2D eigenvalue weighted by molar-refractivity contribution is 5.50. The lowest BCUT2D eigenvalue weighted by molar-refractivity contribution is 0.183. The van der Waals surface area contributed by atoms with E-state index in [9.17, 15) is 5.11 Å². The summed E-state index contributed by atoms with van der Waals surface area (Å²) in [5, 5.41) is 13.1. The molecule has 1 saturated heterocycles. The van der Waals surface area contributed by atoms with Crippen LogP contribution in [-0.4, -0.2) is 35.7 Å². The van der Waals surface area contributed by atoms with Crippen LogP contribution in [0.5, 0.6) is 5.75 Å². The molecule has 1 atom stereocenters. The summed E-state index contributed by atoms with van der Waals surface area (Å²) in [4.78, 5) is 2.52. The Kier molecular flexibility index (Phi) is 4.70. The summed E-state index contributed by atoms with van der Waals surface area (Å²) in [6.07, 6.45) is 2.55. The van der Waals surface area contributed by atoms with Crippen LogP contribution in [0.25, 0.3) is 0 Å². The molecule has 1 unspecified atom stereocenters. The quantitative estimate of drug-likeness (QED) is 0.818. The number of aromatic hydroxyl groups is 1. The number of hydrogen-bond acceptors (Lipinski definition) is 3. The number of rotatable bonds is 4. The van der Waals surface area contributed by atoms with E-state index in [1.165, 1.54) is 32.5 Å². The second-order valence-electron chi connectivity index (χ2n) is 5.71. The maximum atomic E-state index is 9.55. The van der Waals surface area contributed by atoms with Gasteiger partial charge in [0, 0.05) is 11.7 Å². The fourth-order valence-corrected chi connectivity index (χ4v) is 2.90. The number of aryl methyl sites for hydroxylation is 1. The summed E-state index contributed by atoms with van der Waals surface area (Å²) in [7, 11) is 0. The SMILES string of the molecule is CCN1CCC(C(C)Nc2ccc(O)c(C)c2)CC1. The zero-order chi connectivity index (χ0) is 13.8. The van der Waals surface area contributed by atoms with Gasteiger partial charge in [0.2, 0.25) is 0 Å². The van der Waals surface area contributed by atoms with Gasteiger partial charge in [0.25, 0.3) is 0 Å². The van der Waals surface area contributed by atoms with Crippen molar-refractivity contribution in [2.45, 2.75) is 39.7 Å². The number of nitrogens with zero attached hydrogens (tertiary/aromatic N) is 1. The van der Waals surface area contributed by atoms with Gasteiger partial charge < -0.3 is 15.3 Å². The standard InChI is InChI=1S/C16H26N2O/c1-4-18-9-7-14(8-10-18)13(3)17-15-5-6-16(19)12(2)11-15/h5-6,11,13-14,17,19H,4,7-10H2,1-3H3. The molecular weight excluding hydrogens is 236 g/mol. The van der Waals surface area contributed by atoms with Crippen molar-refractivity contribution in [2.75, 3.05) is 25.0 Å². The van der Waals surface area contributed by atoms with Crippen molar-refractivity contribution in [3.8, 4) is 5.75 Å². The Balaban J connectivity index is 1.90. The van der Waals surface area contributed by atoms with Crippen LogP contribution in [0.2, 0.25) is 0 Å². The fourth-order valence-electron chi connectivity index (χ4n) is 2.90. The van der Waals surface area contributed by atoms with Gasteiger partial charge >= 0.3 is 0 Å². The summed E-state index contributed by atoms with van der Waals surface area (Å²) < 4.78 is 0. The van der Waals surface area contributed by atoms with Crippen LogP contribution >= 0.6 is 0 Å². The highest BCUT2D eigenvalue weighted by Crippen LogP contribution is 2.25. The minimum Gasteiger partial charge on any atom is -0.508 e. The first kappa shape index (κ1) is 14.2. The van der Waals surface area contributed by atoms with Gasteiger partial charge in [-0.1, -0.05) is 6.92 Å². The third-order valence-electron chi connectivity index (χ3n) is 4.38. The maximum absolute atomic E-state index is 9.55. The smallest absolute Gasteiger partial charge is 0.118 e. The number of phenolic OH excluding ortho intramolecular Hbond substituents is 1. The number of benzene rings is 1. The van der Waals surface area contributed by atoms with Gasteiger partial charge in [0.05, 0.1) is 0 Å². The number of likely N-dealkylation sites (tertiary alicyclic amines) is 1. The van der Waals surface area contributed by atoms with Crippen LogP contribution in [0.15, 0.2) is 18.2 Å². The van der Waals surface area contributed by atoms with Crippen molar-refractivity contribution < 1.29 is 5.11 Å².